The first-order valence-corrected chi connectivity index (χ1v) is 46.5. The molecule has 35 heteroatoms. The number of benzene rings is 6. The molecule has 18 rings (SSSR count). The minimum Gasteiger partial charge on any atom is -0.399 e. The maximum Gasteiger partial charge on any atom is 0.253 e. The van der Waals surface area contributed by atoms with Crippen molar-refractivity contribution in [3.05, 3.63) is 249 Å². The van der Waals surface area contributed by atoms with E-state index in [-0.39, 0.29) is 59.1 Å². The number of aldehydes is 1. The van der Waals surface area contributed by atoms with Gasteiger partial charge in [0.15, 0.2) is 16.9 Å². The number of aromatic nitrogens is 9. The van der Waals surface area contributed by atoms with Gasteiger partial charge in [0.1, 0.15) is 20.5 Å². The standard InChI is InChI=1S/2C33H39ClN8O2.C32H36ClN7O2.CH5NO.ClH/c2*1-39-19-14-28(15-20-39)40(2)31(43)24-6-12-27(13-7-24)36-32-37-30-29(5-4-18-42(30)38-32)41-21-16-33(17-22-41,23-35-44-3)25-8-10-26(34)11-9-25;1-37-18-13-27(14-19-37)38(2)30(42)23-5-11-26(12-6-23)34-31-35-29-28(4-3-17-40(29)36-31)39-20-15-32(22-41,16-21-39)24-7-9-25(33)10-8-24;1-3-2;/h2*4-13,18,23,28H,14-17,19-22H2,1-3H3,(H,36,38);3-12,17,22,27H,13-16,18-21H2,1-2H3,(H,34,36);2H2,1H3;1H/b2*35-23+;;;. The number of oxime groups is 2. The molecule has 3 amide bonds. The molecule has 31 nitrogen and oxygen atoms in total. The molecule has 0 saturated carbocycles. The van der Waals surface area contributed by atoms with Crippen molar-refractivity contribution in [3.8, 4) is 0 Å². The van der Waals surface area contributed by atoms with Crippen LogP contribution in [-0.4, -0.2) is 270 Å². The number of halogens is 4. The Labute approximate surface area is 803 Å². The Morgan fingerprint density at radius 1 is 0.396 bits per heavy atom. The van der Waals surface area contributed by atoms with Gasteiger partial charge in [0.25, 0.3) is 17.7 Å². The number of carbonyl (C=O) groups is 4. The van der Waals surface area contributed by atoms with Crippen LogP contribution in [0.1, 0.15) is 125 Å². The number of nitrogens with one attached hydrogen (secondary N) is 3. The van der Waals surface area contributed by atoms with Crippen molar-refractivity contribution < 1.29 is 33.7 Å². The van der Waals surface area contributed by atoms with E-state index < -0.39 is 5.41 Å². The van der Waals surface area contributed by atoms with Crippen molar-refractivity contribution in [2.75, 3.05) is 173 Å². The first-order chi connectivity index (χ1) is 64.5. The Balaban J connectivity index is 0.000000158. The molecule has 706 valence electrons. The number of pyridine rings is 3. The number of nitrogens with two attached hydrogens (primary N) is 1. The molecule has 0 bridgehead atoms. The molecule has 0 spiro atoms. The molecule has 5 N–H and O–H groups in total. The summed E-state index contributed by atoms with van der Waals surface area (Å²) < 4.78 is 5.38. The number of likely N-dealkylation sites (tertiary alicyclic amines) is 3. The van der Waals surface area contributed by atoms with Crippen LogP contribution in [0.15, 0.2) is 211 Å². The predicted molar refractivity (Wildman–Crippen MR) is 535 cm³/mol. The smallest absolute Gasteiger partial charge is 0.253 e. The van der Waals surface area contributed by atoms with E-state index >= 15 is 0 Å². The van der Waals surface area contributed by atoms with Gasteiger partial charge in [-0.2, -0.15) is 15.0 Å². The molecule has 134 heavy (non-hydrogen) atoms. The molecule has 0 radical (unpaired) electrons. The molecular weight excluding hydrogens is 1780 g/mol. The average molecular weight is 1900 g/mol. The Bertz CT molecular complexity index is 5700. The molecule has 6 aromatic heterocycles. The van der Waals surface area contributed by atoms with Crippen molar-refractivity contribution in [1.29, 1.82) is 0 Å². The van der Waals surface area contributed by atoms with Crippen LogP contribution in [0.4, 0.5) is 52.0 Å². The van der Waals surface area contributed by atoms with Crippen LogP contribution in [-0.2, 0) is 35.6 Å². The normalized spacial score (nSPS) is 17.3. The molecule has 6 aromatic carbocycles. The van der Waals surface area contributed by atoms with Gasteiger partial charge in [0.2, 0.25) is 17.8 Å². The van der Waals surface area contributed by atoms with E-state index in [9.17, 15) is 19.2 Å². The Kier molecular flexibility index (Phi) is 32.8. The molecule has 12 heterocycles. The van der Waals surface area contributed by atoms with Crippen molar-refractivity contribution in [1.82, 2.24) is 73.2 Å². The van der Waals surface area contributed by atoms with E-state index in [2.05, 4.69) is 139 Å². The topological polar surface area (TPSA) is 303 Å². The monoisotopic (exact) mass is 1900 g/mol. The molecule has 6 saturated heterocycles. The zero-order chi connectivity index (χ0) is 93.3. The lowest BCUT2D eigenvalue weighted by atomic mass is 9.73. The van der Waals surface area contributed by atoms with E-state index in [1.165, 1.54) is 18.2 Å². The second-order valence-corrected chi connectivity index (χ2v) is 36.7. The van der Waals surface area contributed by atoms with Crippen molar-refractivity contribution in [2.24, 2.45) is 16.2 Å². The Morgan fingerprint density at radius 2 is 0.642 bits per heavy atom. The quantitative estimate of drug-likeness (QED) is 0.0263. The van der Waals surface area contributed by atoms with E-state index in [1.807, 2.05) is 212 Å². The lowest BCUT2D eigenvalue weighted by molar-refractivity contribution is -0.113. The van der Waals surface area contributed by atoms with Gasteiger partial charge in [-0.1, -0.05) is 81.5 Å². The van der Waals surface area contributed by atoms with Crippen LogP contribution in [0.2, 0.25) is 15.1 Å². The minimum absolute atomic E-state index is 0. The van der Waals surface area contributed by atoms with E-state index in [0.29, 0.717) is 62.4 Å². The van der Waals surface area contributed by atoms with Crippen LogP contribution < -0.4 is 36.5 Å². The highest BCUT2D eigenvalue weighted by Crippen LogP contribution is 2.42. The minimum atomic E-state index is -0.512. The fraction of sp³-hybridized carbons (Fsp3) is 0.394. The van der Waals surface area contributed by atoms with Gasteiger partial charge in [-0.05, 0) is 300 Å². The number of anilines is 9. The Morgan fingerprint density at radius 3 is 0.888 bits per heavy atom. The fourth-order valence-corrected chi connectivity index (χ4v) is 19.2. The summed E-state index contributed by atoms with van der Waals surface area (Å²) >= 11 is 18.4. The summed E-state index contributed by atoms with van der Waals surface area (Å²) in [7, 11) is 16.7. The Hall–Kier alpha value is -12.0. The first kappa shape index (κ1) is 98.0. The maximum atomic E-state index is 13.1. The molecule has 6 aliphatic heterocycles. The third-order valence-corrected chi connectivity index (χ3v) is 27.9. The molecule has 0 unspecified atom stereocenters. The highest BCUT2D eigenvalue weighted by molar-refractivity contribution is 6.31. The van der Waals surface area contributed by atoms with Gasteiger partial charge >= 0.3 is 0 Å². The molecule has 12 aromatic rings. The summed E-state index contributed by atoms with van der Waals surface area (Å²) in [6, 6.07) is 59.2. The maximum absolute atomic E-state index is 13.1. The average Bonchev–Trinajstić information content (AvgIpc) is 1.22. The van der Waals surface area contributed by atoms with Crippen LogP contribution >= 0.6 is 47.2 Å². The molecule has 0 aliphatic carbocycles. The summed E-state index contributed by atoms with van der Waals surface area (Å²) in [6.07, 6.45) is 21.5. The van der Waals surface area contributed by atoms with Gasteiger partial charge in [-0.15, -0.1) is 27.7 Å². The van der Waals surface area contributed by atoms with E-state index in [1.54, 1.807) is 27.8 Å². The lowest BCUT2D eigenvalue weighted by Gasteiger charge is -2.40. The third kappa shape index (κ3) is 23.1. The van der Waals surface area contributed by atoms with Gasteiger partial charge in [-0.3, -0.25) is 14.4 Å². The fourth-order valence-electron chi connectivity index (χ4n) is 18.9. The van der Waals surface area contributed by atoms with Gasteiger partial charge in [0.05, 0.1) is 42.0 Å². The van der Waals surface area contributed by atoms with Crippen molar-refractivity contribution >= 4 is 153 Å². The number of fused-ring (bicyclic) bond motifs is 3. The second-order valence-electron chi connectivity index (χ2n) is 35.4. The zero-order valence-corrected chi connectivity index (χ0v) is 80.5. The number of amides is 3. The highest BCUT2D eigenvalue weighted by atomic mass is 35.5. The highest BCUT2D eigenvalue weighted by Gasteiger charge is 2.41. The van der Waals surface area contributed by atoms with Crippen LogP contribution in [0.5, 0.6) is 0 Å². The largest absolute Gasteiger partial charge is 0.399 e. The summed E-state index contributed by atoms with van der Waals surface area (Å²) in [5, 5.41) is 34.4. The number of rotatable bonds is 23. The third-order valence-electron chi connectivity index (χ3n) is 27.1. The van der Waals surface area contributed by atoms with Gasteiger partial charge in [0, 0.05) is 157 Å². The zero-order valence-electron chi connectivity index (χ0n) is 77.4. The second kappa shape index (κ2) is 44.9. The first-order valence-electron chi connectivity index (χ1n) is 45.4. The molecule has 6 fully saturated rings. The van der Waals surface area contributed by atoms with Crippen LogP contribution in [0.3, 0.4) is 0 Å². The number of nitrogens with zero attached hydrogens (tertiary/aromatic N) is 20. The number of hydrogen-bond donors (Lipinski definition) is 4. The summed E-state index contributed by atoms with van der Waals surface area (Å²) in [5.74, 6) is 5.97. The van der Waals surface area contributed by atoms with Gasteiger partial charge < -0.3 is 79.4 Å². The summed E-state index contributed by atoms with van der Waals surface area (Å²) in [4.78, 5) is 99.6. The number of piperidine rings is 6. The molecule has 6 aliphatic rings. The molecular formula is C99H120Cl4N24O7. The molecule has 0 atom stereocenters. The van der Waals surface area contributed by atoms with E-state index in [4.69, 9.17) is 59.4 Å². The lowest BCUT2D eigenvalue weighted by Crippen LogP contribution is -2.44. The SMILES string of the molecule is CN1CCC(N(C)C(=O)c2ccc(Nc3nc4c(N5CCC(C=O)(c6ccc(Cl)cc6)CC5)cccn4n3)cc2)CC1.CO/N=C/C1(c2ccc(Cl)cc2)CCN(c2cccn3nc(Nc4ccc(C(=O)N(C)C5CCN(C)CC5)cc4)nc23)CC1.CO/N=C/C1(c2ccc(Cl)cc2)CCN(c2cccn3nc(Nc4ccc(C(=O)N(C)C5CCN(C)CC5)cc4)nc23)CC1.CON.Cl. The van der Waals surface area contributed by atoms with E-state index in [0.717, 1.165) is 206 Å². The summed E-state index contributed by atoms with van der Waals surface area (Å²) in [5.41, 5.74) is 12.2. The van der Waals surface area contributed by atoms with Gasteiger partial charge in [-0.25, -0.2) is 19.4 Å². The summed E-state index contributed by atoms with van der Waals surface area (Å²) in [6.45, 7) is 10.8. The van der Waals surface area contributed by atoms with Crippen LogP contribution in [0, 0.1) is 0 Å². The predicted octanol–water partition coefficient (Wildman–Crippen LogP) is 15.9. The van der Waals surface area contributed by atoms with Crippen molar-refractivity contribution in [3.63, 3.8) is 0 Å². The van der Waals surface area contributed by atoms with Crippen molar-refractivity contribution in [2.45, 2.75) is 111 Å². The van der Waals surface area contributed by atoms with Crippen LogP contribution in [0.25, 0.3) is 16.9 Å². The number of hydrogen-bond acceptors (Lipinski definition) is 25. The number of carbonyl (C=O) groups excluding carboxylic acids is 4.